The molecule has 0 fully saturated rings. The zero-order valence-electron chi connectivity index (χ0n) is 10.00. The van der Waals surface area contributed by atoms with Gasteiger partial charge in [0.05, 0.1) is 5.69 Å². The van der Waals surface area contributed by atoms with Crippen molar-refractivity contribution in [3.8, 4) is 11.3 Å². The van der Waals surface area contributed by atoms with E-state index in [-0.39, 0.29) is 0 Å². The highest BCUT2D eigenvalue weighted by Gasteiger charge is 2.16. The van der Waals surface area contributed by atoms with Gasteiger partial charge in [0.1, 0.15) is 5.65 Å². The molecule has 0 saturated heterocycles. The van der Waals surface area contributed by atoms with Crippen LogP contribution in [0.15, 0.2) is 48.7 Å². The van der Waals surface area contributed by atoms with Crippen LogP contribution < -0.4 is 0 Å². The summed E-state index contributed by atoms with van der Waals surface area (Å²) in [4.78, 5) is 15.7. The second-order valence-electron chi connectivity index (χ2n) is 4.18. The van der Waals surface area contributed by atoms with E-state index in [0.29, 0.717) is 5.56 Å². The molecule has 0 amide bonds. The van der Waals surface area contributed by atoms with Gasteiger partial charge in [0, 0.05) is 24.2 Å². The Bertz CT molecular complexity index is 714. The first-order valence-corrected chi connectivity index (χ1v) is 5.77. The average molecular weight is 236 g/mol. The summed E-state index contributed by atoms with van der Waals surface area (Å²) >= 11 is 0. The van der Waals surface area contributed by atoms with Crippen LogP contribution in [-0.2, 0) is 7.05 Å². The molecule has 2 aromatic heterocycles. The lowest BCUT2D eigenvalue weighted by Crippen LogP contribution is -1.94. The predicted octanol–water partition coefficient (Wildman–Crippen LogP) is 3.05. The Labute approximate surface area is 105 Å². The Balaban J connectivity index is 2.42. The summed E-state index contributed by atoms with van der Waals surface area (Å²) in [6.07, 6.45) is 2.65. The lowest BCUT2D eigenvalue weighted by atomic mass is 10.1. The summed E-state index contributed by atoms with van der Waals surface area (Å²) < 4.78 is 1.97. The fourth-order valence-electron chi connectivity index (χ4n) is 2.35. The van der Waals surface area contributed by atoms with E-state index in [1.54, 1.807) is 6.20 Å². The average Bonchev–Trinajstić information content (AvgIpc) is 2.73. The van der Waals surface area contributed by atoms with Gasteiger partial charge in [-0.05, 0) is 17.7 Å². The summed E-state index contributed by atoms with van der Waals surface area (Å²) in [6, 6.07) is 13.7. The van der Waals surface area contributed by atoms with E-state index in [9.17, 15) is 4.79 Å². The summed E-state index contributed by atoms with van der Waals surface area (Å²) in [5, 5.41) is 0.897. The number of nitrogens with zero attached hydrogens (tertiary/aromatic N) is 2. The first kappa shape index (κ1) is 10.7. The fourth-order valence-corrected chi connectivity index (χ4v) is 2.35. The van der Waals surface area contributed by atoms with Crippen molar-refractivity contribution < 1.29 is 4.79 Å². The van der Waals surface area contributed by atoms with Gasteiger partial charge in [0.2, 0.25) is 0 Å². The Morgan fingerprint density at radius 2 is 1.89 bits per heavy atom. The largest absolute Gasteiger partial charge is 0.328 e. The molecule has 0 aliphatic heterocycles. The molecule has 0 atom stereocenters. The van der Waals surface area contributed by atoms with Crippen molar-refractivity contribution in [3.63, 3.8) is 0 Å². The third kappa shape index (κ3) is 1.44. The van der Waals surface area contributed by atoms with Crippen LogP contribution in [0.1, 0.15) is 10.4 Å². The highest BCUT2D eigenvalue weighted by atomic mass is 16.1. The number of aromatic nitrogens is 2. The molecule has 0 N–H and O–H groups in total. The van der Waals surface area contributed by atoms with Crippen molar-refractivity contribution in [1.82, 2.24) is 9.55 Å². The van der Waals surface area contributed by atoms with Gasteiger partial charge in [0.25, 0.3) is 0 Å². The summed E-state index contributed by atoms with van der Waals surface area (Å²) in [6.45, 7) is 0. The molecule has 3 aromatic rings. The van der Waals surface area contributed by atoms with Crippen LogP contribution in [0.4, 0.5) is 0 Å². The van der Waals surface area contributed by atoms with Crippen LogP contribution >= 0.6 is 0 Å². The molecular formula is C15H12N2O. The first-order valence-electron chi connectivity index (χ1n) is 5.77. The fraction of sp³-hybridized carbons (Fsp3) is 0.0667. The Morgan fingerprint density at radius 1 is 1.11 bits per heavy atom. The number of aldehydes is 1. The SMILES string of the molecule is Cn1c(-c2ccccc2)c(C=O)c2cccnc21. The number of carbonyl (C=O) groups excluding carboxylic acids is 1. The monoisotopic (exact) mass is 236 g/mol. The van der Waals surface area contributed by atoms with E-state index >= 15 is 0 Å². The van der Waals surface area contributed by atoms with Crippen LogP contribution in [0, 0.1) is 0 Å². The standard InChI is InChI=1S/C15H12N2O/c1-17-14(11-6-3-2-4-7-11)13(10-18)12-8-5-9-16-15(12)17/h2-10H,1H3. The maximum Gasteiger partial charge on any atom is 0.152 e. The molecule has 0 aliphatic rings. The van der Waals surface area contributed by atoms with Crippen molar-refractivity contribution in [3.05, 3.63) is 54.2 Å². The predicted molar refractivity (Wildman–Crippen MR) is 71.5 cm³/mol. The molecular weight excluding hydrogens is 224 g/mol. The second kappa shape index (κ2) is 4.11. The number of hydrogen-bond acceptors (Lipinski definition) is 2. The van der Waals surface area contributed by atoms with Crippen molar-refractivity contribution in [2.24, 2.45) is 7.05 Å². The molecule has 0 spiro atoms. The molecule has 18 heavy (non-hydrogen) atoms. The molecule has 0 saturated carbocycles. The minimum atomic E-state index is 0.701. The number of hydrogen-bond donors (Lipinski definition) is 0. The molecule has 0 aliphatic carbocycles. The van der Waals surface area contributed by atoms with Crippen LogP contribution in [0.25, 0.3) is 22.3 Å². The Hall–Kier alpha value is -2.42. The van der Waals surface area contributed by atoms with E-state index in [1.165, 1.54) is 0 Å². The highest BCUT2D eigenvalue weighted by Crippen LogP contribution is 2.30. The van der Waals surface area contributed by atoms with Gasteiger partial charge in [-0.15, -0.1) is 0 Å². The van der Waals surface area contributed by atoms with Crippen LogP contribution in [-0.4, -0.2) is 15.8 Å². The maximum absolute atomic E-state index is 11.4. The number of carbonyl (C=O) groups is 1. The van der Waals surface area contributed by atoms with E-state index in [1.807, 2.05) is 54.1 Å². The molecule has 1 aromatic carbocycles. The zero-order chi connectivity index (χ0) is 12.5. The van der Waals surface area contributed by atoms with Crippen LogP contribution in [0.2, 0.25) is 0 Å². The van der Waals surface area contributed by atoms with Crippen molar-refractivity contribution >= 4 is 17.3 Å². The van der Waals surface area contributed by atoms with Gasteiger partial charge in [-0.2, -0.15) is 0 Å². The van der Waals surface area contributed by atoms with Crippen molar-refractivity contribution in [1.29, 1.82) is 0 Å². The van der Waals surface area contributed by atoms with Gasteiger partial charge in [0.15, 0.2) is 6.29 Å². The number of benzene rings is 1. The van der Waals surface area contributed by atoms with E-state index < -0.39 is 0 Å². The minimum absolute atomic E-state index is 0.701. The van der Waals surface area contributed by atoms with E-state index in [4.69, 9.17) is 0 Å². The topological polar surface area (TPSA) is 34.9 Å². The Morgan fingerprint density at radius 3 is 2.61 bits per heavy atom. The lowest BCUT2D eigenvalue weighted by Gasteiger charge is -2.04. The van der Waals surface area contributed by atoms with Gasteiger partial charge in [-0.25, -0.2) is 4.98 Å². The van der Waals surface area contributed by atoms with Crippen LogP contribution in [0.3, 0.4) is 0 Å². The third-order valence-electron chi connectivity index (χ3n) is 3.15. The smallest absolute Gasteiger partial charge is 0.152 e. The Kier molecular flexibility index (Phi) is 2.45. The molecule has 3 heteroatoms. The summed E-state index contributed by atoms with van der Waals surface area (Å²) in [5.74, 6) is 0. The molecule has 88 valence electrons. The van der Waals surface area contributed by atoms with E-state index in [0.717, 1.165) is 28.6 Å². The van der Waals surface area contributed by atoms with Gasteiger partial charge >= 0.3 is 0 Å². The molecule has 2 heterocycles. The number of aryl methyl sites for hydroxylation is 1. The summed E-state index contributed by atoms with van der Waals surface area (Å²) in [7, 11) is 1.94. The third-order valence-corrected chi connectivity index (χ3v) is 3.15. The molecule has 0 radical (unpaired) electrons. The van der Waals surface area contributed by atoms with Crippen molar-refractivity contribution in [2.45, 2.75) is 0 Å². The minimum Gasteiger partial charge on any atom is -0.328 e. The van der Waals surface area contributed by atoms with Gasteiger partial charge in [-0.1, -0.05) is 30.3 Å². The maximum atomic E-state index is 11.4. The van der Waals surface area contributed by atoms with Crippen molar-refractivity contribution in [2.75, 3.05) is 0 Å². The highest BCUT2D eigenvalue weighted by molar-refractivity contribution is 6.03. The van der Waals surface area contributed by atoms with Crippen LogP contribution in [0.5, 0.6) is 0 Å². The quantitative estimate of drug-likeness (QED) is 0.641. The zero-order valence-corrected chi connectivity index (χ0v) is 10.00. The van der Waals surface area contributed by atoms with Gasteiger partial charge in [-0.3, -0.25) is 4.79 Å². The second-order valence-corrected chi connectivity index (χ2v) is 4.18. The number of rotatable bonds is 2. The number of pyridine rings is 1. The molecule has 0 bridgehead atoms. The molecule has 0 unspecified atom stereocenters. The first-order chi connectivity index (χ1) is 8.83. The molecule has 3 nitrogen and oxygen atoms in total. The van der Waals surface area contributed by atoms with Gasteiger partial charge < -0.3 is 4.57 Å². The molecule has 3 rings (SSSR count). The normalized spacial score (nSPS) is 10.7. The number of fused-ring (bicyclic) bond motifs is 1. The summed E-state index contributed by atoms with van der Waals surface area (Å²) in [5.41, 5.74) is 3.48. The van der Waals surface area contributed by atoms with E-state index in [2.05, 4.69) is 4.98 Å². The lowest BCUT2D eigenvalue weighted by molar-refractivity contribution is 0.112.